The summed E-state index contributed by atoms with van der Waals surface area (Å²) < 4.78 is 0. The molecular formula is C27H28ClN3O2S. The van der Waals surface area contributed by atoms with Crippen LogP contribution in [0.4, 0.5) is 5.69 Å². The largest absolute Gasteiger partial charge is 0.338 e. The number of hydrogen-bond acceptors (Lipinski definition) is 4. The third-order valence-corrected chi connectivity index (χ3v) is 8.13. The van der Waals surface area contributed by atoms with Crippen LogP contribution in [-0.4, -0.2) is 41.3 Å². The molecule has 0 radical (unpaired) electrons. The second-order valence-electron chi connectivity index (χ2n) is 10.3. The number of pyridine rings is 1. The fourth-order valence-corrected chi connectivity index (χ4v) is 5.74. The van der Waals surface area contributed by atoms with Gasteiger partial charge in [0.1, 0.15) is 5.15 Å². The second-order valence-corrected chi connectivity index (χ2v) is 11.6. The Balaban J connectivity index is 1.25. The SMILES string of the molecule is CC(C)(C)c1ccc(C(=O)N2CC3C(C2)C3CN(C(=O)c2cccs2)c2ccc(Cl)nc2)cc1. The quantitative estimate of drug-likeness (QED) is 0.425. The normalized spacial score (nSPS) is 21.3. The van der Waals surface area contributed by atoms with E-state index in [9.17, 15) is 9.59 Å². The Morgan fingerprint density at radius 1 is 1.09 bits per heavy atom. The number of piperidine rings is 1. The van der Waals surface area contributed by atoms with Crippen LogP contribution in [0.5, 0.6) is 0 Å². The molecule has 1 saturated carbocycles. The molecule has 2 aliphatic rings. The molecule has 1 aliphatic heterocycles. The number of fused-ring (bicyclic) bond motifs is 1. The second kappa shape index (κ2) is 8.82. The van der Waals surface area contributed by atoms with Crippen LogP contribution in [0.25, 0.3) is 0 Å². The Bertz CT molecular complexity index is 1170. The number of anilines is 1. The van der Waals surface area contributed by atoms with Gasteiger partial charge in [-0.3, -0.25) is 9.59 Å². The maximum absolute atomic E-state index is 13.2. The maximum atomic E-state index is 13.2. The van der Waals surface area contributed by atoms with Crippen molar-refractivity contribution in [2.24, 2.45) is 17.8 Å². The van der Waals surface area contributed by atoms with Gasteiger partial charge >= 0.3 is 0 Å². The minimum Gasteiger partial charge on any atom is -0.338 e. The van der Waals surface area contributed by atoms with E-state index < -0.39 is 0 Å². The zero-order valence-corrected chi connectivity index (χ0v) is 21.1. The molecule has 7 heteroatoms. The lowest BCUT2D eigenvalue weighted by atomic mass is 9.86. The number of rotatable bonds is 5. The highest BCUT2D eigenvalue weighted by Gasteiger charge is 2.57. The zero-order chi connectivity index (χ0) is 24.0. The molecule has 5 rings (SSSR count). The standard InChI is InChI=1S/C27H28ClN3O2S/c1-27(2,3)18-8-6-17(7-9-18)25(32)30-14-20-21(15-30)22(20)16-31(19-10-11-24(28)29-13-19)26(33)23-5-4-12-34-23/h4-13,20-22H,14-16H2,1-3H3. The number of amides is 2. The van der Waals surface area contributed by atoms with Crippen molar-refractivity contribution in [3.8, 4) is 0 Å². The van der Waals surface area contributed by atoms with E-state index in [-0.39, 0.29) is 17.2 Å². The van der Waals surface area contributed by atoms with E-state index in [0.717, 1.165) is 24.3 Å². The van der Waals surface area contributed by atoms with Gasteiger partial charge in [0.05, 0.1) is 16.8 Å². The van der Waals surface area contributed by atoms with Crippen LogP contribution in [0.15, 0.2) is 60.1 Å². The number of carbonyl (C=O) groups is 2. The summed E-state index contributed by atoms with van der Waals surface area (Å²) in [5.41, 5.74) is 2.78. The van der Waals surface area contributed by atoms with Crippen molar-refractivity contribution in [2.75, 3.05) is 24.5 Å². The van der Waals surface area contributed by atoms with Gasteiger partial charge in [-0.2, -0.15) is 0 Å². The van der Waals surface area contributed by atoms with Crippen LogP contribution in [0.3, 0.4) is 0 Å². The summed E-state index contributed by atoms with van der Waals surface area (Å²) >= 11 is 7.41. The fourth-order valence-electron chi connectivity index (χ4n) is 4.96. The topological polar surface area (TPSA) is 53.5 Å². The Morgan fingerprint density at radius 3 is 2.35 bits per heavy atom. The molecule has 0 bridgehead atoms. The van der Waals surface area contributed by atoms with E-state index in [4.69, 9.17) is 11.6 Å². The van der Waals surface area contributed by atoms with E-state index in [0.29, 0.717) is 34.3 Å². The zero-order valence-electron chi connectivity index (χ0n) is 19.6. The van der Waals surface area contributed by atoms with Gasteiger partial charge in [0.25, 0.3) is 11.8 Å². The molecule has 1 aliphatic carbocycles. The molecule has 2 fully saturated rings. The van der Waals surface area contributed by atoms with Crippen molar-refractivity contribution < 1.29 is 9.59 Å². The average molecular weight is 494 g/mol. The van der Waals surface area contributed by atoms with Gasteiger partial charge in [-0.25, -0.2) is 4.98 Å². The van der Waals surface area contributed by atoms with Crippen molar-refractivity contribution in [2.45, 2.75) is 26.2 Å². The van der Waals surface area contributed by atoms with Gasteiger partial charge in [0.2, 0.25) is 0 Å². The molecule has 2 amide bonds. The minimum atomic E-state index is -0.0176. The maximum Gasteiger partial charge on any atom is 0.268 e. The van der Waals surface area contributed by atoms with Gasteiger partial charge in [0, 0.05) is 25.2 Å². The Hall–Kier alpha value is -2.70. The van der Waals surface area contributed by atoms with Crippen molar-refractivity contribution >= 4 is 40.4 Å². The Labute approximate surface area is 209 Å². The number of benzene rings is 1. The van der Waals surface area contributed by atoms with E-state index >= 15 is 0 Å². The summed E-state index contributed by atoms with van der Waals surface area (Å²) in [5, 5.41) is 2.31. The van der Waals surface area contributed by atoms with Crippen LogP contribution in [-0.2, 0) is 5.41 Å². The molecule has 3 aromatic rings. The third kappa shape index (κ3) is 4.49. The Morgan fingerprint density at radius 2 is 1.79 bits per heavy atom. The van der Waals surface area contributed by atoms with Gasteiger partial charge in [-0.15, -0.1) is 11.3 Å². The molecule has 2 unspecified atom stereocenters. The minimum absolute atomic E-state index is 0.0176. The van der Waals surface area contributed by atoms with Crippen LogP contribution in [0, 0.1) is 17.8 Å². The molecule has 3 heterocycles. The molecule has 0 N–H and O–H groups in total. The van der Waals surface area contributed by atoms with E-state index in [2.05, 4.69) is 37.9 Å². The monoisotopic (exact) mass is 493 g/mol. The van der Waals surface area contributed by atoms with Gasteiger partial charge in [0.15, 0.2) is 0 Å². The van der Waals surface area contributed by atoms with Crippen molar-refractivity contribution in [1.82, 2.24) is 9.88 Å². The van der Waals surface area contributed by atoms with Gasteiger partial charge in [-0.05, 0) is 64.4 Å². The highest BCUT2D eigenvalue weighted by atomic mass is 35.5. The van der Waals surface area contributed by atoms with Crippen molar-refractivity contribution in [3.05, 3.63) is 81.3 Å². The van der Waals surface area contributed by atoms with Gasteiger partial charge < -0.3 is 9.80 Å². The van der Waals surface area contributed by atoms with Crippen LogP contribution in [0.1, 0.15) is 46.4 Å². The number of thiophene rings is 1. The van der Waals surface area contributed by atoms with Crippen LogP contribution >= 0.6 is 22.9 Å². The lowest BCUT2D eigenvalue weighted by molar-refractivity contribution is 0.0766. The van der Waals surface area contributed by atoms with Crippen molar-refractivity contribution in [1.29, 1.82) is 0 Å². The first-order valence-corrected chi connectivity index (χ1v) is 12.8. The molecule has 34 heavy (non-hydrogen) atoms. The predicted octanol–water partition coefficient (Wildman–Crippen LogP) is 5.76. The predicted molar refractivity (Wildman–Crippen MR) is 137 cm³/mol. The number of likely N-dealkylation sites (tertiary alicyclic amines) is 1. The molecule has 2 aromatic heterocycles. The lowest BCUT2D eigenvalue weighted by Gasteiger charge is -2.25. The number of hydrogen-bond donors (Lipinski definition) is 0. The summed E-state index contributed by atoms with van der Waals surface area (Å²) in [4.78, 5) is 35.0. The first-order valence-electron chi connectivity index (χ1n) is 11.6. The molecule has 0 spiro atoms. The van der Waals surface area contributed by atoms with E-state index in [1.807, 2.05) is 45.5 Å². The summed E-state index contributed by atoms with van der Waals surface area (Å²) in [7, 11) is 0. The van der Waals surface area contributed by atoms with E-state index in [1.54, 1.807) is 12.3 Å². The first kappa shape index (κ1) is 23.1. The number of halogens is 1. The molecule has 5 nitrogen and oxygen atoms in total. The van der Waals surface area contributed by atoms with Crippen molar-refractivity contribution in [3.63, 3.8) is 0 Å². The number of aromatic nitrogens is 1. The molecule has 1 saturated heterocycles. The van der Waals surface area contributed by atoms with Crippen LogP contribution in [0.2, 0.25) is 5.15 Å². The molecule has 2 atom stereocenters. The molecule has 1 aromatic carbocycles. The van der Waals surface area contributed by atoms with Gasteiger partial charge in [-0.1, -0.05) is 50.6 Å². The smallest absolute Gasteiger partial charge is 0.268 e. The molecule has 176 valence electrons. The highest BCUT2D eigenvalue weighted by molar-refractivity contribution is 7.12. The fraction of sp³-hybridized carbons (Fsp3) is 0.370. The number of nitrogens with zero attached hydrogens (tertiary/aromatic N) is 3. The highest BCUT2D eigenvalue weighted by Crippen LogP contribution is 2.52. The van der Waals surface area contributed by atoms with Crippen LogP contribution < -0.4 is 4.90 Å². The van der Waals surface area contributed by atoms with E-state index in [1.165, 1.54) is 16.9 Å². The summed E-state index contributed by atoms with van der Waals surface area (Å²) in [6.07, 6.45) is 1.66. The number of carbonyl (C=O) groups excluding carboxylic acids is 2. The summed E-state index contributed by atoms with van der Waals surface area (Å²) in [5.74, 6) is 1.32. The lowest BCUT2D eigenvalue weighted by Crippen LogP contribution is -2.36. The molecular weight excluding hydrogens is 466 g/mol. The first-order chi connectivity index (χ1) is 16.2. The third-order valence-electron chi connectivity index (χ3n) is 7.05. The average Bonchev–Trinajstić information content (AvgIpc) is 3.23. The summed E-state index contributed by atoms with van der Waals surface area (Å²) in [6.45, 7) is 8.63. The Kier molecular flexibility index (Phi) is 5.98. The summed E-state index contributed by atoms with van der Waals surface area (Å²) in [6, 6.07) is 15.3.